The van der Waals surface area contributed by atoms with Gasteiger partial charge in [0.2, 0.25) is 0 Å². The summed E-state index contributed by atoms with van der Waals surface area (Å²) in [5.41, 5.74) is 1.11. The number of carbonyl (C=O) groups excluding carboxylic acids is 1. The first-order chi connectivity index (χ1) is 9.74. The smallest absolute Gasteiger partial charge is 0.251 e. The zero-order valence-corrected chi connectivity index (χ0v) is 12.8. The van der Waals surface area contributed by atoms with Gasteiger partial charge in [-0.05, 0) is 30.5 Å². The molecule has 0 unspecified atom stereocenters. The molecule has 2 atom stereocenters. The Bertz CT molecular complexity index is 471. The average molecular weight is 340 g/mol. The van der Waals surface area contributed by atoms with Crippen LogP contribution in [-0.2, 0) is 14.3 Å². The summed E-state index contributed by atoms with van der Waals surface area (Å²) >= 11 is 3.43. The maximum absolute atomic E-state index is 12.4. The van der Waals surface area contributed by atoms with Crippen LogP contribution < -0.4 is 0 Å². The number of morpholine rings is 1. The Labute approximate surface area is 127 Å². The van der Waals surface area contributed by atoms with Gasteiger partial charge in [-0.2, -0.15) is 0 Å². The van der Waals surface area contributed by atoms with Gasteiger partial charge < -0.3 is 14.4 Å². The first kappa shape index (κ1) is 14.0. The van der Waals surface area contributed by atoms with E-state index in [1.165, 1.54) is 0 Å². The number of amides is 1. The van der Waals surface area contributed by atoms with Crippen LogP contribution in [0.5, 0.6) is 0 Å². The van der Waals surface area contributed by atoms with E-state index in [1.54, 1.807) is 0 Å². The Morgan fingerprint density at radius 1 is 1.20 bits per heavy atom. The van der Waals surface area contributed by atoms with Crippen molar-refractivity contribution in [2.45, 2.75) is 25.0 Å². The number of hydrogen-bond acceptors (Lipinski definition) is 3. The molecule has 1 aromatic rings. The normalized spacial score (nSPS) is 26.8. The molecule has 2 aliphatic heterocycles. The predicted molar refractivity (Wildman–Crippen MR) is 78.4 cm³/mol. The Morgan fingerprint density at radius 3 is 2.70 bits per heavy atom. The van der Waals surface area contributed by atoms with Gasteiger partial charge in [-0.1, -0.05) is 28.1 Å². The van der Waals surface area contributed by atoms with Gasteiger partial charge in [0.1, 0.15) is 12.2 Å². The minimum absolute atomic E-state index is 0.0396. The van der Waals surface area contributed by atoms with Gasteiger partial charge >= 0.3 is 0 Å². The van der Waals surface area contributed by atoms with Gasteiger partial charge in [-0.15, -0.1) is 0 Å². The van der Waals surface area contributed by atoms with Gasteiger partial charge in [0.25, 0.3) is 5.91 Å². The zero-order chi connectivity index (χ0) is 13.9. The number of halogens is 1. The van der Waals surface area contributed by atoms with Gasteiger partial charge in [-0.25, -0.2) is 0 Å². The third-order valence-electron chi connectivity index (χ3n) is 3.83. The summed E-state index contributed by atoms with van der Waals surface area (Å²) in [5, 5.41) is 0. The van der Waals surface area contributed by atoms with Crippen molar-refractivity contribution >= 4 is 21.8 Å². The molecule has 3 rings (SSSR count). The lowest BCUT2D eigenvalue weighted by atomic mass is 10.1. The minimum Gasteiger partial charge on any atom is -0.370 e. The molecule has 2 aliphatic rings. The molecule has 0 bridgehead atoms. The number of hydrogen-bond donors (Lipinski definition) is 0. The summed E-state index contributed by atoms with van der Waals surface area (Å²) in [4.78, 5) is 14.3. The van der Waals surface area contributed by atoms with Crippen LogP contribution >= 0.6 is 15.9 Å². The molecule has 0 aromatic heterocycles. The van der Waals surface area contributed by atoms with Crippen LogP contribution in [0.1, 0.15) is 24.5 Å². The highest BCUT2D eigenvalue weighted by molar-refractivity contribution is 9.10. The van der Waals surface area contributed by atoms with Gasteiger partial charge in [0, 0.05) is 17.6 Å². The molecule has 108 valence electrons. The minimum atomic E-state index is -0.237. The molecular weight excluding hydrogens is 322 g/mol. The van der Waals surface area contributed by atoms with Crippen LogP contribution in [0.4, 0.5) is 0 Å². The highest BCUT2D eigenvalue weighted by Crippen LogP contribution is 2.25. The Kier molecular flexibility index (Phi) is 4.38. The molecule has 2 saturated heterocycles. The van der Waals surface area contributed by atoms with Crippen molar-refractivity contribution in [1.82, 2.24) is 4.90 Å². The number of ether oxygens (including phenoxy) is 2. The topological polar surface area (TPSA) is 38.8 Å². The summed E-state index contributed by atoms with van der Waals surface area (Å²) in [7, 11) is 0. The maximum atomic E-state index is 12.4. The van der Waals surface area contributed by atoms with Crippen molar-refractivity contribution in [1.29, 1.82) is 0 Å². The van der Waals surface area contributed by atoms with E-state index in [1.807, 2.05) is 29.2 Å². The van der Waals surface area contributed by atoms with E-state index in [9.17, 15) is 4.79 Å². The van der Waals surface area contributed by atoms with Crippen molar-refractivity contribution in [3.63, 3.8) is 0 Å². The monoisotopic (exact) mass is 339 g/mol. The zero-order valence-electron chi connectivity index (χ0n) is 11.3. The molecule has 4 nitrogen and oxygen atoms in total. The second-order valence-corrected chi connectivity index (χ2v) is 6.11. The third kappa shape index (κ3) is 3.05. The highest BCUT2D eigenvalue weighted by atomic mass is 79.9. The molecule has 1 aromatic carbocycles. The van der Waals surface area contributed by atoms with Crippen LogP contribution in [0.3, 0.4) is 0 Å². The molecule has 0 N–H and O–H groups in total. The molecule has 0 aliphatic carbocycles. The summed E-state index contributed by atoms with van der Waals surface area (Å²) in [6.07, 6.45) is 1.55. The first-order valence-corrected chi connectivity index (χ1v) is 7.81. The average Bonchev–Trinajstić information content (AvgIpc) is 3.01. The molecule has 2 fully saturated rings. The Balaban J connectivity index is 1.66. The van der Waals surface area contributed by atoms with Crippen LogP contribution in [0, 0.1) is 0 Å². The Morgan fingerprint density at radius 2 is 2.00 bits per heavy atom. The third-order valence-corrected chi connectivity index (χ3v) is 4.35. The summed E-state index contributed by atoms with van der Waals surface area (Å²) < 4.78 is 12.3. The van der Waals surface area contributed by atoms with E-state index < -0.39 is 0 Å². The lowest BCUT2D eigenvalue weighted by Gasteiger charge is -2.34. The second-order valence-electron chi connectivity index (χ2n) is 5.20. The lowest BCUT2D eigenvalue weighted by molar-refractivity contribution is -0.148. The van der Waals surface area contributed by atoms with Crippen LogP contribution in [-0.4, -0.2) is 43.2 Å². The Hall–Kier alpha value is -0.910. The standard InChI is InChI=1S/C15H18BrNO3/c16-12-5-3-11(4-6-12)14-10-17(7-9-20-14)15(18)13-2-1-8-19-13/h3-6,13-14H,1-2,7-10H2/t13-,14+/m0/s1. The van der Waals surface area contributed by atoms with Crippen molar-refractivity contribution in [3.05, 3.63) is 34.3 Å². The number of rotatable bonds is 2. The van der Waals surface area contributed by atoms with Crippen molar-refractivity contribution in [2.75, 3.05) is 26.3 Å². The second kappa shape index (κ2) is 6.24. The number of benzene rings is 1. The van der Waals surface area contributed by atoms with Gasteiger partial charge in [-0.3, -0.25) is 4.79 Å². The largest absolute Gasteiger partial charge is 0.370 e. The van der Waals surface area contributed by atoms with E-state index >= 15 is 0 Å². The summed E-state index contributed by atoms with van der Waals surface area (Å²) in [5.74, 6) is 0.118. The fourth-order valence-electron chi connectivity index (χ4n) is 2.70. The summed E-state index contributed by atoms with van der Waals surface area (Å²) in [6, 6.07) is 8.07. The van der Waals surface area contributed by atoms with Crippen molar-refractivity contribution < 1.29 is 14.3 Å². The first-order valence-electron chi connectivity index (χ1n) is 7.01. The molecule has 0 radical (unpaired) electrons. The van der Waals surface area contributed by atoms with Crippen LogP contribution in [0.15, 0.2) is 28.7 Å². The maximum Gasteiger partial charge on any atom is 0.251 e. The quantitative estimate of drug-likeness (QED) is 0.831. The molecule has 2 heterocycles. The summed E-state index contributed by atoms with van der Waals surface area (Å²) in [6.45, 7) is 2.56. The highest BCUT2D eigenvalue weighted by Gasteiger charge is 2.32. The fourth-order valence-corrected chi connectivity index (χ4v) is 2.97. The van der Waals surface area contributed by atoms with E-state index in [-0.39, 0.29) is 18.1 Å². The van der Waals surface area contributed by atoms with E-state index in [2.05, 4.69) is 15.9 Å². The molecule has 0 spiro atoms. The molecule has 20 heavy (non-hydrogen) atoms. The van der Waals surface area contributed by atoms with Crippen LogP contribution in [0.2, 0.25) is 0 Å². The number of carbonyl (C=O) groups is 1. The van der Waals surface area contributed by atoms with E-state index in [0.29, 0.717) is 26.3 Å². The van der Waals surface area contributed by atoms with E-state index in [0.717, 1.165) is 22.9 Å². The molecular formula is C15H18BrNO3. The number of nitrogens with zero attached hydrogens (tertiary/aromatic N) is 1. The van der Waals surface area contributed by atoms with Crippen molar-refractivity contribution in [3.8, 4) is 0 Å². The van der Waals surface area contributed by atoms with E-state index in [4.69, 9.17) is 9.47 Å². The molecule has 1 amide bonds. The molecule has 0 saturated carbocycles. The molecule has 5 heteroatoms. The fraction of sp³-hybridized carbons (Fsp3) is 0.533. The van der Waals surface area contributed by atoms with Crippen LogP contribution in [0.25, 0.3) is 0 Å². The van der Waals surface area contributed by atoms with Crippen molar-refractivity contribution in [2.24, 2.45) is 0 Å². The van der Waals surface area contributed by atoms with Gasteiger partial charge in [0.05, 0.1) is 13.2 Å². The SMILES string of the molecule is O=C([C@@H]1CCCO1)N1CCO[C@@H](c2ccc(Br)cc2)C1. The predicted octanol–water partition coefficient (Wildman–Crippen LogP) is 2.53. The lowest BCUT2D eigenvalue weighted by Crippen LogP contribution is -2.46. The van der Waals surface area contributed by atoms with Gasteiger partial charge in [0.15, 0.2) is 0 Å².